The SMILES string of the molecule is CCNS(=O)(=O)c1ccc(-c2ccc(N)cc2)c(C)c1. The van der Waals surface area contributed by atoms with E-state index in [0.29, 0.717) is 12.2 Å². The molecule has 0 spiro atoms. The maximum atomic E-state index is 11.9. The fourth-order valence-corrected chi connectivity index (χ4v) is 3.19. The van der Waals surface area contributed by atoms with Crippen molar-refractivity contribution in [2.24, 2.45) is 0 Å². The van der Waals surface area contributed by atoms with Gasteiger partial charge in [-0.2, -0.15) is 0 Å². The number of nitrogen functional groups attached to an aromatic ring is 1. The summed E-state index contributed by atoms with van der Waals surface area (Å²) in [5.74, 6) is 0. The van der Waals surface area contributed by atoms with Crippen LogP contribution < -0.4 is 10.5 Å². The van der Waals surface area contributed by atoms with Crippen LogP contribution in [0.3, 0.4) is 0 Å². The van der Waals surface area contributed by atoms with Crippen LogP contribution in [-0.4, -0.2) is 15.0 Å². The zero-order valence-electron chi connectivity index (χ0n) is 11.6. The maximum Gasteiger partial charge on any atom is 0.240 e. The fourth-order valence-electron chi connectivity index (χ4n) is 2.06. The number of hydrogen-bond donors (Lipinski definition) is 2. The Morgan fingerprint density at radius 1 is 1.10 bits per heavy atom. The number of nitrogens with one attached hydrogen (secondary N) is 1. The van der Waals surface area contributed by atoms with Crippen molar-refractivity contribution in [2.45, 2.75) is 18.7 Å². The molecule has 4 nitrogen and oxygen atoms in total. The van der Waals surface area contributed by atoms with Gasteiger partial charge >= 0.3 is 0 Å². The van der Waals surface area contributed by atoms with E-state index in [9.17, 15) is 8.42 Å². The first-order chi connectivity index (χ1) is 9.44. The average Bonchev–Trinajstić information content (AvgIpc) is 2.40. The summed E-state index contributed by atoms with van der Waals surface area (Å²) in [5, 5.41) is 0. The van der Waals surface area contributed by atoms with E-state index < -0.39 is 10.0 Å². The molecule has 0 atom stereocenters. The largest absolute Gasteiger partial charge is 0.399 e. The van der Waals surface area contributed by atoms with Gasteiger partial charge in [-0.05, 0) is 47.9 Å². The Hall–Kier alpha value is -1.85. The van der Waals surface area contributed by atoms with Crippen LogP contribution >= 0.6 is 0 Å². The van der Waals surface area contributed by atoms with Gasteiger partial charge in [0.1, 0.15) is 0 Å². The third kappa shape index (κ3) is 3.00. The van der Waals surface area contributed by atoms with E-state index in [1.165, 1.54) is 0 Å². The molecule has 0 radical (unpaired) electrons. The Kier molecular flexibility index (Phi) is 4.11. The summed E-state index contributed by atoms with van der Waals surface area (Å²) in [6.07, 6.45) is 0. The number of sulfonamides is 1. The minimum atomic E-state index is -3.41. The molecule has 0 aliphatic carbocycles. The molecule has 2 aromatic rings. The summed E-state index contributed by atoms with van der Waals surface area (Å²) in [6.45, 7) is 4.03. The van der Waals surface area contributed by atoms with Gasteiger partial charge in [0.05, 0.1) is 4.90 Å². The number of nitrogens with two attached hydrogens (primary N) is 1. The first kappa shape index (κ1) is 14.6. The standard InChI is InChI=1S/C15H18N2O2S/c1-3-17-20(18,19)14-8-9-15(11(2)10-14)12-4-6-13(16)7-5-12/h4-10,17H,3,16H2,1-2H3. The number of hydrogen-bond acceptors (Lipinski definition) is 3. The van der Waals surface area contributed by atoms with Gasteiger partial charge in [-0.15, -0.1) is 0 Å². The molecule has 0 heterocycles. The van der Waals surface area contributed by atoms with E-state index in [4.69, 9.17) is 5.73 Å². The number of aryl methyl sites for hydroxylation is 1. The average molecular weight is 290 g/mol. The Balaban J connectivity index is 2.43. The third-order valence-corrected chi connectivity index (χ3v) is 4.61. The lowest BCUT2D eigenvalue weighted by Crippen LogP contribution is -2.23. The molecule has 0 fully saturated rings. The Morgan fingerprint density at radius 3 is 2.30 bits per heavy atom. The molecule has 2 aromatic carbocycles. The maximum absolute atomic E-state index is 11.9. The molecule has 20 heavy (non-hydrogen) atoms. The van der Waals surface area contributed by atoms with Crippen LogP contribution in [0.5, 0.6) is 0 Å². The molecule has 2 rings (SSSR count). The second kappa shape index (κ2) is 5.64. The second-order valence-corrected chi connectivity index (χ2v) is 6.37. The Labute approximate surface area is 119 Å². The summed E-state index contributed by atoms with van der Waals surface area (Å²) in [6, 6.07) is 12.6. The van der Waals surface area contributed by atoms with E-state index in [-0.39, 0.29) is 4.90 Å². The van der Waals surface area contributed by atoms with Gasteiger partial charge < -0.3 is 5.73 Å². The lowest BCUT2D eigenvalue weighted by atomic mass is 10.0. The van der Waals surface area contributed by atoms with Crippen molar-refractivity contribution in [2.75, 3.05) is 12.3 Å². The minimum Gasteiger partial charge on any atom is -0.399 e. The number of benzene rings is 2. The predicted molar refractivity (Wildman–Crippen MR) is 81.9 cm³/mol. The first-order valence-electron chi connectivity index (χ1n) is 6.40. The Morgan fingerprint density at radius 2 is 1.75 bits per heavy atom. The van der Waals surface area contributed by atoms with E-state index in [1.807, 2.05) is 37.3 Å². The highest BCUT2D eigenvalue weighted by atomic mass is 32.2. The molecule has 0 bridgehead atoms. The highest BCUT2D eigenvalue weighted by molar-refractivity contribution is 7.89. The van der Waals surface area contributed by atoms with E-state index in [0.717, 1.165) is 16.7 Å². The van der Waals surface area contributed by atoms with Crippen LogP contribution in [0, 0.1) is 6.92 Å². The van der Waals surface area contributed by atoms with Crippen LogP contribution in [0.1, 0.15) is 12.5 Å². The molecule has 0 saturated heterocycles. The first-order valence-corrected chi connectivity index (χ1v) is 7.88. The molecule has 0 aliphatic heterocycles. The van der Waals surface area contributed by atoms with Gasteiger partial charge in [0.15, 0.2) is 0 Å². The molecule has 0 aliphatic rings. The number of anilines is 1. The smallest absolute Gasteiger partial charge is 0.240 e. The summed E-state index contributed by atoms with van der Waals surface area (Å²) < 4.78 is 26.4. The predicted octanol–water partition coefficient (Wildman–Crippen LogP) is 2.54. The van der Waals surface area contributed by atoms with Crippen LogP contribution in [0.4, 0.5) is 5.69 Å². The van der Waals surface area contributed by atoms with E-state index in [2.05, 4.69) is 4.72 Å². The molecule has 0 aromatic heterocycles. The molecule has 5 heteroatoms. The number of rotatable bonds is 4. The van der Waals surface area contributed by atoms with Crippen LogP contribution in [0.25, 0.3) is 11.1 Å². The highest BCUT2D eigenvalue weighted by Gasteiger charge is 2.14. The monoisotopic (exact) mass is 290 g/mol. The van der Waals surface area contributed by atoms with Gasteiger partial charge in [0.25, 0.3) is 0 Å². The summed E-state index contributed by atoms with van der Waals surface area (Å²) in [7, 11) is -3.41. The van der Waals surface area contributed by atoms with Crippen LogP contribution in [0.2, 0.25) is 0 Å². The van der Waals surface area contributed by atoms with Crippen LogP contribution in [-0.2, 0) is 10.0 Å². The van der Waals surface area contributed by atoms with E-state index >= 15 is 0 Å². The highest BCUT2D eigenvalue weighted by Crippen LogP contribution is 2.26. The molecule has 0 saturated carbocycles. The molecule has 0 amide bonds. The zero-order chi connectivity index (χ0) is 14.8. The lowest BCUT2D eigenvalue weighted by molar-refractivity contribution is 0.584. The normalized spacial score (nSPS) is 11.5. The van der Waals surface area contributed by atoms with Crippen molar-refractivity contribution >= 4 is 15.7 Å². The Bertz CT molecular complexity index is 707. The van der Waals surface area contributed by atoms with Gasteiger partial charge in [0.2, 0.25) is 10.0 Å². The molecular formula is C15H18N2O2S. The third-order valence-electron chi connectivity index (χ3n) is 3.06. The van der Waals surface area contributed by atoms with Crippen LogP contribution in [0.15, 0.2) is 47.4 Å². The minimum absolute atomic E-state index is 0.288. The molecule has 3 N–H and O–H groups in total. The fraction of sp³-hybridized carbons (Fsp3) is 0.200. The van der Waals surface area contributed by atoms with Gasteiger partial charge in [-0.25, -0.2) is 13.1 Å². The van der Waals surface area contributed by atoms with Crippen molar-refractivity contribution in [1.29, 1.82) is 0 Å². The van der Waals surface area contributed by atoms with Crippen molar-refractivity contribution in [3.05, 3.63) is 48.0 Å². The van der Waals surface area contributed by atoms with Crippen molar-refractivity contribution in [1.82, 2.24) is 4.72 Å². The summed E-state index contributed by atoms with van der Waals surface area (Å²) in [4.78, 5) is 0.288. The molecule has 0 unspecified atom stereocenters. The van der Waals surface area contributed by atoms with Gasteiger partial charge in [-0.1, -0.05) is 25.1 Å². The van der Waals surface area contributed by atoms with E-state index in [1.54, 1.807) is 19.1 Å². The summed E-state index contributed by atoms with van der Waals surface area (Å²) in [5.41, 5.74) is 9.30. The lowest BCUT2D eigenvalue weighted by Gasteiger charge is -2.10. The topological polar surface area (TPSA) is 72.2 Å². The molecular weight excluding hydrogens is 272 g/mol. The second-order valence-electron chi connectivity index (χ2n) is 4.60. The summed E-state index contributed by atoms with van der Waals surface area (Å²) >= 11 is 0. The van der Waals surface area contributed by atoms with Gasteiger partial charge in [0, 0.05) is 12.2 Å². The molecule has 106 valence electrons. The quantitative estimate of drug-likeness (QED) is 0.850. The van der Waals surface area contributed by atoms with Crippen molar-refractivity contribution < 1.29 is 8.42 Å². The van der Waals surface area contributed by atoms with Gasteiger partial charge in [-0.3, -0.25) is 0 Å². The van der Waals surface area contributed by atoms with Crippen molar-refractivity contribution in [3.63, 3.8) is 0 Å². The van der Waals surface area contributed by atoms with Crippen molar-refractivity contribution in [3.8, 4) is 11.1 Å². The zero-order valence-corrected chi connectivity index (χ0v) is 12.4.